The first-order valence-electron chi connectivity index (χ1n) is 8.74. The maximum atomic E-state index is 12.9. The van der Waals surface area contributed by atoms with Crippen molar-refractivity contribution in [2.45, 2.75) is 45.8 Å². The molecule has 3 heterocycles. The quantitative estimate of drug-likeness (QED) is 0.697. The molecule has 142 valence electrons. The molecule has 9 heteroatoms. The lowest BCUT2D eigenvalue weighted by Gasteiger charge is -2.32. The van der Waals surface area contributed by atoms with E-state index in [9.17, 15) is 13.2 Å². The summed E-state index contributed by atoms with van der Waals surface area (Å²) in [6.07, 6.45) is 1.66. The van der Waals surface area contributed by atoms with E-state index in [1.54, 1.807) is 24.1 Å². The van der Waals surface area contributed by atoms with Gasteiger partial charge in [0.15, 0.2) is 9.84 Å². The Morgan fingerprint density at radius 3 is 2.23 bits per heavy atom. The van der Waals surface area contributed by atoms with Crippen molar-refractivity contribution in [2.24, 2.45) is 0 Å². The van der Waals surface area contributed by atoms with Gasteiger partial charge in [0, 0.05) is 30.4 Å². The Morgan fingerprint density at radius 1 is 1.15 bits per heavy atom. The normalized spacial score (nSPS) is 23.9. The number of amides is 1. The van der Waals surface area contributed by atoms with E-state index in [1.165, 1.54) is 0 Å². The lowest BCUT2D eigenvalue weighted by molar-refractivity contribution is 0.00578. The van der Waals surface area contributed by atoms with Gasteiger partial charge in [-0.15, -0.1) is 0 Å². The number of rotatable bonds is 2. The van der Waals surface area contributed by atoms with Crippen LogP contribution in [0.1, 0.15) is 43.7 Å². The number of carbonyl (C=O) groups excluding carboxylic acids is 1. The Labute approximate surface area is 155 Å². The van der Waals surface area contributed by atoms with Crippen molar-refractivity contribution in [1.82, 2.24) is 9.88 Å². The van der Waals surface area contributed by atoms with E-state index >= 15 is 0 Å². The maximum Gasteiger partial charge on any atom is 0.496 e. The molecular formula is C17H25BN2O5S. The number of carbonyl (C=O) groups is 1. The van der Waals surface area contributed by atoms with E-state index in [0.29, 0.717) is 16.7 Å². The molecule has 0 spiro atoms. The van der Waals surface area contributed by atoms with Gasteiger partial charge in [-0.1, -0.05) is 0 Å². The summed E-state index contributed by atoms with van der Waals surface area (Å²) in [5.74, 6) is -0.201. The predicted octanol–water partition coefficient (Wildman–Crippen LogP) is 0.560. The molecule has 2 aliphatic rings. The van der Waals surface area contributed by atoms with Crippen LogP contribution in [0.4, 0.5) is 0 Å². The van der Waals surface area contributed by atoms with E-state index < -0.39 is 28.2 Å². The molecule has 0 atom stereocenters. The molecule has 2 fully saturated rings. The van der Waals surface area contributed by atoms with Crippen LogP contribution in [0.25, 0.3) is 0 Å². The molecule has 0 aliphatic carbocycles. The largest absolute Gasteiger partial charge is 0.496 e. The fourth-order valence-corrected chi connectivity index (χ4v) is 4.16. The predicted molar refractivity (Wildman–Crippen MR) is 99.2 cm³/mol. The van der Waals surface area contributed by atoms with Gasteiger partial charge in [-0.2, -0.15) is 0 Å². The molecule has 1 aromatic rings. The zero-order chi connectivity index (χ0) is 19.3. The van der Waals surface area contributed by atoms with Crippen LogP contribution in [0, 0.1) is 6.92 Å². The highest BCUT2D eigenvalue weighted by molar-refractivity contribution is 7.91. The van der Waals surface area contributed by atoms with Crippen molar-refractivity contribution in [1.29, 1.82) is 0 Å². The lowest BCUT2D eigenvalue weighted by Crippen LogP contribution is -2.44. The van der Waals surface area contributed by atoms with Gasteiger partial charge in [0.1, 0.15) is 0 Å². The first-order valence-corrected chi connectivity index (χ1v) is 10.6. The number of sulfone groups is 1. The Hall–Kier alpha value is -1.45. The van der Waals surface area contributed by atoms with E-state index in [1.807, 2.05) is 27.7 Å². The molecule has 2 aliphatic heterocycles. The second kappa shape index (κ2) is 6.32. The minimum Gasteiger partial charge on any atom is -0.399 e. The molecule has 3 rings (SSSR count). The number of aromatic nitrogens is 1. The third-order valence-electron chi connectivity index (χ3n) is 5.50. The summed E-state index contributed by atoms with van der Waals surface area (Å²) in [6.45, 7) is 10.1. The number of hydrogen-bond donors (Lipinski definition) is 0. The summed E-state index contributed by atoms with van der Waals surface area (Å²) < 4.78 is 35.2. The summed E-state index contributed by atoms with van der Waals surface area (Å²) in [4.78, 5) is 18.8. The average molecular weight is 380 g/mol. The maximum absolute atomic E-state index is 12.9. The van der Waals surface area contributed by atoms with Crippen LogP contribution < -0.4 is 5.46 Å². The topological polar surface area (TPSA) is 85.8 Å². The number of pyridine rings is 1. The highest BCUT2D eigenvalue weighted by Crippen LogP contribution is 2.36. The van der Waals surface area contributed by atoms with Crippen LogP contribution in [0.2, 0.25) is 0 Å². The van der Waals surface area contributed by atoms with Gasteiger partial charge in [0.05, 0.1) is 28.3 Å². The van der Waals surface area contributed by atoms with Crippen molar-refractivity contribution >= 4 is 28.3 Å². The fraction of sp³-hybridized carbons (Fsp3) is 0.647. The SMILES string of the molecule is Cc1ncc(B2OC(C)(C)C(C)(C)O2)cc1C(=O)N1CCS(=O)(=O)CC1. The van der Waals surface area contributed by atoms with Crippen LogP contribution in [0.3, 0.4) is 0 Å². The molecule has 2 saturated heterocycles. The molecule has 1 amide bonds. The van der Waals surface area contributed by atoms with Crippen molar-refractivity contribution in [2.75, 3.05) is 24.6 Å². The zero-order valence-corrected chi connectivity index (χ0v) is 16.7. The van der Waals surface area contributed by atoms with E-state index in [2.05, 4.69) is 4.98 Å². The van der Waals surface area contributed by atoms with Crippen molar-refractivity contribution in [3.8, 4) is 0 Å². The standard InChI is InChI=1S/C17H25BN2O5S/c1-12-14(15(21)20-6-8-26(22,23)9-7-20)10-13(11-19-12)18-24-16(2,3)17(4,5)25-18/h10-11H,6-9H2,1-5H3. The van der Waals surface area contributed by atoms with E-state index in [4.69, 9.17) is 9.31 Å². The van der Waals surface area contributed by atoms with Gasteiger partial charge in [-0.25, -0.2) is 8.42 Å². The summed E-state index contributed by atoms with van der Waals surface area (Å²) in [7, 11) is -3.63. The fourth-order valence-electron chi connectivity index (χ4n) is 2.96. The van der Waals surface area contributed by atoms with Gasteiger partial charge in [-0.05, 0) is 40.7 Å². The smallest absolute Gasteiger partial charge is 0.399 e. The Morgan fingerprint density at radius 2 is 1.69 bits per heavy atom. The Kier molecular flexibility index (Phi) is 4.69. The van der Waals surface area contributed by atoms with E-state index in [-0.39, 0.29) is 30.5 Å². The van der Waals surface area contributed by atoms with Gasteiger partial charge in [0.25, 0.3) is 5.91 Å². The molecular weight excluding hydrogens is 355 g/mol. The first-order chi connectivity index (χ1) is 11.9. The summed E-state index contributed by atoms with van der Waals surface area (Å²) in [6, 6.07) is 1.75. The number of aryl methyl sites for hydroxylation is 1. The third-order valence-corrected chi connectivity index (χ3v) is 7.10. The molecule has 0 N–H and O–H groups in total. The molecule has 26 heavy (non-hydrogen) atoms. The van der Waals surface area contributed by atoms with Gasteiger partial charge < -0.3 is 14.2 Å². The van der Waals surface area contributed by atoms with Crippen molar-refractivity contribution in [3.05, 3.63) is 23.5 Å². The third kappa shape index (κ3) is 3.52. The van der Waals surface area contributed by atoms with E-state index in [0.717, 1.165) is 0 Å². The van der Waals surface area contributed by atoms with Crippen LogP contribution in [-0.2, 0) is 19.1 Å². The second-order valence-corrected chi connectivity index (χ2v) is 10.2. The lowest BCUT2D eigenvalue weighted by atomic mass is 9.79. The molecule has 1 aromatic heterocycles. The zero-order valence-electron chi connectivity index (χ0n) is 15.9. The highest BCUT2D eigenvalue weighted by atomic mass is 32.2. The first kappa shape index (κ1) is 19.3. The molecule has 0 saturated carbocycles. The second-order valence-electron chi connectivity index (χ2n) is 7.93. The van der Waals surface area contributed by atoms with Crippen LogP contribution >= 0.6 is 0 Å². The number of nitrogens with zero attached hydrogens (tertiary/aromatic N) is 2. The molecule has 0 aromatic carbocycles. The summed E-state index contributed by atoms with van der Waals surface area (Å²) >= 11 is 0. The van der Waals surface area contributed by atoms with Crippen molar-refractivity contribution in [3.63, 3.8) is 0 Å². The molecule has 0 radical (unpaired) electrons. The molecule has 7 nitrogen and oxygen atoms in total. The van der Waals surface area contributed by atoms with Gasteiger partial charge in [0.2, 0.25) is 0 Å². The van der Waals surface area contributed by atoms with Gasteiger partial charge >= 0.3 is 7.12 Å². The highest BCUT2D eigenvalue weighted by Gasteiger charge is 2.52. The minimum atomic E-state index is -3.04. The Balaban J connectivity index is 1.84. The molecule has 0 bridgehead atoms. The average Bonchev–Trinajstić information content (AvgIpc) is 2.75. The monoisotopic (exact) mass is 380 g/mol. The van der Waals surface area contributed by atoms with Crippen LogP contribution in [0.5, 0.6) is 0 Å². The molecule has 0 unspecified atom stereocenters. The Bertz CT molecular complexity index is 808. The number of hydrogen-bond acceptors (Lipinski definition) is 6. The van der Waals surface area contributed by atoms with Crippen LogP contribution in [-0.4, -0.2) is 67.1 Å². The summed E-state index contributed by atoms with van der Waals surface area (Å²) in [5.41, 5.74) is 0.782. The van der Waals surface area contributed by atoms with Gasteiger partial charge in [-0.3, -0.25) is 9.78 Å². The van der Waals surface area contributed by atoms with Crippen LogP contribution in [0.15, 0.2) is 12.3 Å². The summed E-state index contributed by atoms with van der Waals surface area (Å²) in [5, 5.41) is 0. The minimum absolute atomic E-state index is 0.00212. The van der Waals surface area contributed by atoms with Crippen molar-refractivity contribution < 1.29 is 22.5 Å².